The highest BCUT2D eigenvalue weighted by molar-refractivity contribution is 6.88. The average molecular weight is 292 g/mol. The summed E-state index contributed by atoms with van der Waals surface area (Å²) in [4.78, 5) is 2.58. The van der Waals surface area contributed by atoms with Gasteiger partial charge in [-0.05, 0) is 18.9 Å². The lowest BCUT2D eigenvalue weighted by molar-refractivity contribution is -0.0591. The Morgan fingerprint density at radius 1 is 1.20 bits per heavy atom. The van der Waals surface area contributed by atoms with Gasteiger partial charge in [0.2, 0.25) is 0 Å². The molecular weight excluding hydrogens is 262 g/mol. The van der Waals surface area contributed by atoms with E-state index in [4.69, 9.17) is 4.74 Å². The van der Waals surface area contributed by atoms with Crippen molar-refractivity contribution in [2.75, 3.05) is 13.2 Å². The molecular formula is C17H29NOSi. The summed E-state index contributed by atoms with van der Waals surface area (Å²) in [5.74, 6) is 0. The quantitative estimate of drug-likeness (QED) is 0.790. The smallest absolute Gasteiger partial charge is 0.0775 e. The van der Waals surface area contributed by atoms with Crippen LogP contribution in [0.25, 0.3) is 0 Å². The van der Waals surface area contributed by atoms with Gasteiger partial charge in [0, 0.05) is 19.1 Å². The summed E-state index contributed by atoms with van der Waals surface area (Å²) in [6.07, 6.45) is 1.53. The molecule has 2 nitrogen and oxygen atoms in total. The number of rotatable bonds is 4. The van der Waals surface area contributed by atoms with E-state index >= 15 is 0 Å². The molecule has 0 aromatic heterocycles. The Bertz CT molecular complexity index is 424. The minimum Gasteiger partial charge on any atom is -0.376 e. The molecule has 0 aliphatic carbocycles. The molecule has 1 aliphatic heterocycles. The van der Waals surface area contributed by atoms with Gasteiger partial charge in [-0.1, -0.05) is 56.0 Å². The van der Waals surface area contributed by atoms with Gasteiger partial charge in [0.05, 0.1) is 20.8 Å². The first-order chi connectivity index (χ1) is 9.40. The fourth-order valence-electron chi connectivity index (χ4n) is 2.83. The second kappa shape index (κ2) is 6.42. The van der Waals surface area contributed by atoms with Crippen LogP contribution in [0, 0.1) is 0 Å². The minimum absolute atomic E-state index is 0.360. The molecule has 0 bridgehead atoms. The molecule has 1 saturated heterocycles. The molecule has 0 amide bonds. The summed E-state index contributed by atoms with van der Waals surface area (Å²) < 4.78 is 5.78. The van der Waals surface area contributed by atoms with Gasteiger partial charge in [0.1, 0.15) is 0 Å². The topological polar surface area (TPSA) is 12.5 Å². The molecule has 1 aromatic rings. The van der Waals surface area contributed by atoms with E-state index in [1.165, 1.54) is 12.0 Å². The molecule has 2 unspecified atom stereocenters. The van der Waals surface area contributed by atoms with Crippen molar-refractivity contribution >= 4 is 13.3 Å². The van der Waals surface area contributed by atoms with E-state index in [0.29, 0.717) is 12.1 Å². The Kier molecular flexibility index (Phi) is 5.05. The second-order valence-electron chi connectivity index (χ2n) is 7.08. The van der Waals surface area contributed by atoms with Crippen molar-refractivity contribution in [3.8, 4) is 0 Å². The van der Waals surface area contributed by atoms with Crippen LogP contribution in [0.1, 0.15) is 25.8 Å². The van der Waals surface area contributed by atoms with Crippen LogP contribution in [0.5, 0.6) is 0 Å². The van der Waals surface area contributed by atoms with Gasteiger partial charge in [-0.15, -0.1) is 0 Å². The summed E-state index contributed by atoms with van der Waals surface area (Å²) in [5, 5.41) is 1.55. The molecule has 0 radical (unpaired) electrons. The third kappa shape index (κ3) is 3.93. The van der Waals surface area contributed by atoms with E-state index in [9.17, 15) is 0 Å². The largest absolute Gasteiger partial charge is 0.376 e. The van der Waals surface area contributed by atoms with Crippen molar-refractivity contribution in [2.24, 2.45) is 0 Å². The van der Waals surface area contributed by atoms with E-state index in [2.05, 4.69) is 62.7 Å². The number of nitrogens with zero attached hydrogens (tertiary/aromatic N) is 1. The lowest BCUT2D eigenvalue weighted by Gasteiger charge is -2.38. The number of hydrogen-bond donors (Lipinski definition) is 0. The Labute approximate surface area is 125 Å². The van der Waals surface area contributed by atoms with Gasteiger partial charge in [0.25, 0.3) is 0 Å². The van der Waals surface area contributed by atoms with Crippen molar-refractivity contribution in [1.29, 1.82) is 0 Å². The molecule has 0 N–H and O–H groups in total. The molecule has 1 heterocycles. The van der Waals surface area contributed by atoms with Crippen LogP contribution in [0.4, 0.5) is 0 Å². The SMILES string of the molecule is CCC1COC(C)CN1Cc1ccc([Si](C)(C)C)cc1. The molecule has 2 atom stereocenters. The molecule has 112 valence electrons. The monoisotopic (exact) mass is 291 g/mol. The molecule has 0 saturated carbocycles. The first-order valence-corrected chi connectivity index (χ1v) is 11.3. The predicted molar refractivity (Wildman–Crippen MR) is 89.3 cm³/mol. The normalized spacial score (nSPS) is 24.9. The molecule has 1 fully saturated rings. The highest BCUT2D eigenvalue weighted by Gasteiger charge is 2.25. The fraction of sp³-hybridized carbons (Fsp3) is 0.647. The van der Waals surface area contributed by atoms with Gasteiger partial charge in [-0.3, -0.25) is 4.90 Å². The molecule has 1 aromatic carbocycles. The van der Waals surface area contributed by atoms with E-state index in [-0.39, 0.29) is 0 Å². The number of hydrogen-bond acceptors (Lipinski definition) is 2. The highest BCUT2D eigenvalue weighted by atomic mass is 28.3. The maximum Gasteiger partial charge on any atom is 0.0775 e. The minimum atomic E-state index is -1.17. The summed E-state index contributed by atoms with van der Waals surface area (Å²) >= 11 is 0. The van der Waals surface area contributed by atoms with Crippen molar-refractivity contribution in [3.05, 3.63) is 29.8 Å². The average Bonchev–Trinajstić information content (AvgIpc) is 2.38. The first-order valence-electron chi connectivity index (χ1n) is 7.85. The zero-order valence-electron chi connectivity index (χ0n) is 13.6. The zero-order valence-corrected chi connectivity index (χ0v) is 14.6. The van der Waals surface area contributed by atoms with Gasteiger partial charge >= 0.3 is 0 Å². The number of ether oxygens (including phenoxy) is 1. The molecule has 2 rings (SSSR count). The molecule has 3 heteroatoms. The van der Waals surface area contributed by atoms with E-state index < -0.39 is 8.07 Å². The number of benzene rings is 1. The number of morpholine rings is 1. The summed E-state index contributed by atoms with van der Waals surface area (Å²) in [7, 11) is -1.17. The van der Waals surface area contributed by atoms with Crippen LogP contribution in [0.3, 0.4) is 0 Å². The van der Waals surface area contributed by atoms with Crippen molar-refractivity contribution in [1.82, 2.24) is 4.90 Å². The third-order valence-electron chi connectivity index (χ3n) is 4.26. The Balaban J connectivity index is 2.05. The van der Waals surface area contributed by atoms with Gasteiger partial charge in [-0.25, -0.2) is 0 Å². The van der Waals surface area contributed by atoms with Gasteiger partial charge in [-0.2, -0.15) is 0 Å². The Hall–Kier alpha value is -0.643. The lowest BCUT2D eigenvalue weighted by atomic mass is 10.1. The van der Waals surface area contributed by atoms with Crippen LogP contribution >= 0.6 is 0 Å². The van der Waals surface area contributed by atoms with Crippen molar-refractivity contribution in [3.63, 3.8) is 0 Å². The lowest BCUT2D eigenvalue weighted by Crippen LogP contribution is -2.47. The second-order valence-corrected chi connectivity index (χ2v) is 12.2. The summed E-state index contributed by atoms with van der Waals surface area (Å²) in [5.41, 5.74) is 1.43. The molecule has 0 spiro atoms. The van der Waals surface area contributed by atoms with Gasteiger partial charge in [0.15, 0.2) is 0 Å². The Morgan fingerprint density at radius 3 is 2.40 bits per heavy atom. The summed E-state index contributed by atoms with van der Waals surface area (Å²) in [6.45, 7) is 14.6. The maximum atomic E-state index is 5.78. The third-order valence-corrected chi connectivity index (χ3v) is 6.32. The molecule has 20 heavy (non-hydrogen) atoms. The van der Waals surface area contributed by atoms with Crippen LogP contribution in [-0.4, -0.2) is 38.3 Å². The zero-order chi connectivity index (χ0) is 14.8. The predicted octanol–water partition coefficient (Wildman–Crippen LogP) is 3.23. The van der Waals surface area contributed by atoms with Crippen molar-refractivity contribution in [2.45, 2.75) is 58.6 Å². The maximum absolute atomic E-state index is 5.78. The van der Waals surface area contributed by atoms with E-state index in [0.717, 1.165) is 19.7 Å². The molecule has 1 aliphatic rings. The van der Waals surface area contributed by atoms with E-state index in [1.54, 1.807) is 5.19 Å². The standard InChI is InChI=1S/C17H29NOSi/c1-6-16-13-19-14(2)11-18(16)12-15-7-9-17(10-8-15)20(3,4)5/h7-10,14,16H,6,11-13H2,1-5H3. The summed E-state index contributed by atoms with van der Waals surface area (Å²) in [6, 6.07) is 9.89. The Morgan fingerprint density at radius 2 is 1.85 bits per heavy atom. The van der Waals surface area contributed by atoms with Gasteiger partial charge < -0.3 is 4.74 Å². The van der Waals surface area contributed by atoms with Crippen LogP contribution in [-0.2, 0) is 11.3 Å². The van der Waals surface area contributed by atoms with E-state index in [1.807, 2.05) is 0 Å². The van der Waals surface area contributed by atoms with Crippen LogP contribution in [0.2, 0.25) is 19.6 Å². The fourth-order valence-corrected chi connectivity index (χ4v) is 3.99. The van der Waals surface area contributed by atoms with Crippen molar-refractivity contribution < 1.29 is 4.74 Å². The van der Waals surface area contributed by atoms with Crippen LogP contribution in [0.15, 0.2) is 24.3 Å². The van der Waals surface area contributed by atoms with Crippen LogP contribution < -0.4 is 5.19 Å². The highest BCUT2D eigenvalue weighted by Crippen LogP contribution is 2.17. The first kappa shape index (κ1) is 15.7.